The summed E-state index contributed by atoms with van der Waals surface area (Å²) in [6.07, 6.45) is 0.625. The molecule has 0 aromatic heterocycles. The number of rotatable bonds is 9. The standard InChI is InChI=1S/C17H21ClNO6PS/c18-16-9-15(27-14-3-1-2-13(21)8-14)5-4-12(16)6-7-17(19,10-20)11-25-26(22,23)24/h1-5,8-9,20-21H,6-7,10-11,19H2,(H2,22,23,24)/t17-/m0/s1. The number of aryl methyl sites for hydroxylation is 1. The Hall–Kier alpha value is -1.09. The highest BCUT2D eigenvalue weighted by molar-refractivity contribution is 7.99. The smallest absolute Gasteiger partial charge is 0.469 e. The highest BCUT2D eigenvalue weighted by atomic mass is 35.5. The topological polar surface area (TPSA) is 133 Å². The molecular weight excluding hydrogens is 413 g/mol. The molecule has 0 aliphatic heterocycles. The van der Waals surface area contributed by atoms with Gasteiger partial charge >= 0.3 is 7.82 Å². The van der Waals surface area contributed by atoms with Gasteiger partial charge in [0.05, 0.1) is 18.8 Å². The SMILES string of the molecule is N[C@](CO)(CCc1ccc(Sc2cccc(O)c2)cc1Cl)COP(=O)(O)O. The van der Waals surface area contributed by atoms with Gasteiger partial charge in [-0.15, -0.1) is 0 Å². The first-order valence-corrected chi connectivity index (χ1v) is 10.7. The van der Waals surface area contributed by atoms with E-state index in [-0.39, 0.29) is 12.2 Å². The van der Waals surface area contributed by atoms with Gasteiger partial charge in [-0.1, -0.05) is 35.5 Å². The Morgan fingerprint density at radius 2 is 1.89 bits per heavy atom. The molecule has 2 aromatic rings. The lowest BCUT2D eigenvalue weighted by atomic mass is 9.94. The van der Waals surface area contributed by atoms with Crippen LogP contribution in [0.25, 0.3) is 0 Å². The van der Waals surface area contributed by atoms with Gasteiger partial charge in [-0.2, -0.15) is 0 Å². The summed E-state index contributed by atoms with van der Waals surface area (Å²) in [6, 6.07) is 12.4. The molecule has 0 spiro atoms. The maximum absolute atomic E-state index is 10.8. The van der Waals surface area contributed by atoms with Crippen molar-refractivity contribution in [3.63, 3.8) is 0 Å². The number of halogens is 1. The lowest BCUT2D eigenvalue weighted by molar-refractivity contribution is 0.102. The molecule has 0 fully saturated rings. The van der Waals surface area contributed by atoms with Gasteiger partial charge in [-0.3, -0.25) is 4.52 Å². The molecule has 0 saturated carbocycles. The number of phosphoric acid groups is 1. The number of benzene rings is 2. The first-order valence-electron chi connectivity index (χ1n) is 7.95. The first kappa shape index (κ1) is 22.2. The van der Waals surface area contributed by atoms with Crippen molar-refractivity contribution >= 4 is 31.2 Å². The maximum atomic E-state index is 10.8. The van der Waals surface area contributed by atoms with E-state index < -0.39 is 26.6 Å². The number of phosphoric ester groups is 1. The van der Waals surface area contributed by atoms with Gasteiger partial charge in [0.15, 0.2) is 0 Å². The van der Waals surface area contributed by atoms with E-state index in [0.717, 1.165) is 15.4 Å². The molecule has 0 aliphatic carbocycles. The minimum absolute atomic E-state index is 0.184. The fraction of sp³-hybridized carbons (Fsp3) is 0.294. The Labute approximate surface area is 166 Å². The Bertz CT molecular complexity index is 833. The highest BCUT2D eigenvalue weighted by Crippen LogP contribution is 2.37. The Kier molecular flexibility index (Phi) is 7.73. The van der Waals surface area contributed by atoms with Crippen molar-refractivity contribution in [1.29, 1.82) is 0 Å². The van der Waals surface area contributed by atoms with Gasteiger partial charge in [0, 0.05) is 14.8 Å². The quantitative estimate of drug-likeness (QED) is 0.381. The molecule has 6 N–H and O–H groups in total. The van der Waals surface area contributed by atoms with Crippen LogP contribution >= 0.6 is 31.2 Å². The second kappa shape index (κ2) is 9.41. The molecule has 0 radical (unpaired) electrons. The van der Waals surface area contributed by atoms with E-state index in [0.29, 0.717) is 11.4 Å². The number of nitrogens with two attached hydrogens (primary N) is 1. The molecule has 0 aliphatic rings. The van der Waals surface area contributed by atoms with E-state index in [4.69, 9.17) is 27.1 Å². The van der Waals surface area contributed by atoms with Crippen LogP contribution in [0.2, 0.25) is 5.02 Å². The van der Waals surface area contributed by atoms with Crippen LogP contribution in [0, 0.1) is 0 Å². The van der Waals surface area contributed by atoms with Crippen molar-refractivity contribution in [2.24, 2.45) is 5.73 Å². The molecule has 0 amide bonds. The van der Waals surface area contributed by atoms with Crippen LogP contribution in [0.1, 0.15) is 12.0 Å². The van der Waals surface area contributed by atoms with Crippen molar-refractivity contribution in [3.05, 3.63) is 53.1 Å². The molecule has 1 atom stereocenters. The molecule has 10 heteroatoms. The third-order valence-electron chi connectivity index (χ3n) is 3.81. The van der Waals surface area contributed by atoms with Crippen LogP contribution in [0.15, 0.2) is 52.3 Å². The van der Waals surface area contributed by atoms with Gasteiger partial charge in [0.1, 0.15) is 5.75 Å². The van der Waals surface area contributed by atoms with E-state index >= 15 is 0 Å². The molecule has 7 nitrogen and oxygen atoms in total. The van der Waals surface area contributed by atoms with Crippen molar-refractivity contribution in [3.8, 4) is 5.75 Å². The lowest BCUT2D eigenvalue weighted by Crippen LogP contribution is -2.48. The zero-order valence-electron chi connectivity index (χ0n) is 14.3. The number of aromatic hydroxyl groups is 1. The number of aliphatic hydroxyl groups is 1. The summed E-state index contributed by atoms with van der Waals surface area (Å²) in [7, 11) is -4.66. The lowest BCUT2D eigenvalue weighted by Gasteiger charge is -2.27. The summed E-state index contributed by atoms with van der Waals surface area (Å²) < 4.78 is 15.3. The summed E-state index contributed by atoms with van der Waals surface area (Å²) in [5, 5.41) is 19.5. The highest BCUT2D eigenvalue weighted by Gasteiger charge is 2.28. The number of hydrogen-bond acceptors (Lipinski definition) is 6. The molecule has 0 saturated heterocycles. The average Bonchev–Trinajstić information content (AvgIpc) is 2.59. The molecule has 2 rings (SSSR count). The van der Waals surface area contributed by atoms with Gasteiger partial charge in [0.25, 0.3) is 0 Å². The molecule has 0 bridgehead atoms. The van der Waals surface area contributed by atoms with Crippen molar-refractivity contribution in [2.75, 3.05) is 13.2 Å². The van der Waals surface area contributed by atoms with Crippen LogP contribution in [0.3, 0.4) is 0 Å². The predicted octanol–water partition coefficient (Wildman–Crippen LogP) is 2.93. The third kappa shape index (κ3) is 7.44. The van der Waals surface area contributed by atoms with E-state index in [1.807, 2.05) is 18.2 Å². The van der Waals surface area contributed by atoms with Crippen molar-refractivity contribution in [1.82, 2.24) is 0 Å². The number of phenols is 1. The van der Waals surface area contributed by atoms with Crippen LogP contribution in [0.5, 0.6) is 5.75 Å². The summed E-state index contributed by atoms with van der Waals surface area (Å²) in [5.41, 5.74) is 5.46. The average molecular weight is 434 g/mol. The zero-order valence-corrected chi connectivity index (χ0v) is 16.8. The Morgan fingerprint density at radius 3 is 2.48 bits per heavy atom. The second-order valence-corrected chi connectivity index (χ2v) is 8.93. The van der Waals surface area contributed by atoms with E-state index in [9.17, 15) is 14.8 Å². The van der Waals surface area contributed by atoms with Gasteiger partial charge in [-0.25, -0.2) is 4.57 Å². The van der Waals surface area contributed by atoms with Gasteiger partial charge in [-0.05, 0) is 48.7 Å². The molecule has 27 heavy (non-hydrogen) atoms. The predicted molar refractivity (Wildman–Crippen MR) is 104 cm³/mol. The Balaban J connectivity index is 2.01. The monoisotopic (exact) mass is 433 g/mol. The molecule has 0 heterocycles. The fourth-order valence-corrected chi connectivity index (χ4v) is 3.95. The zero-order chi connectivity index (χ0) is 20.1. The summed E-state index contributed by atoms with van der Waals surface area (Å²) >= 11 is 7.77. The van der Waals surface area contributed by atoms with Crippen LogP contribution in [-0.2, 0) is 15.5 Å². The van der Waals surface area contributed by atoms with Crippen molar-refractivity contribution < 1.29 is 29.1 Å². The fourth-order valence-electron chi connectivity index (χ4n) is 2.27. The Morgan fingerprint density at radius 1 is 1.19 bits per heavy atom. The number of phenolic OH excluding ortho intramolecular Hbond substituents is 1. The van der Waals surface area contributed by atoms with Crippen LogP contribution in [-0.4, -0.2) is 38.8 Å². The van der Waals surface area contributed by atoms with Crippen LogP contribution < -0.4 is 5.73 Å². The number of hydrogen-bond donors (Lipinski definition) is 5. The van der Waals surface area contributed by atoms with E-state index in [1.165, 1.54) is 11.8 Å². The maximum Gasteiger partial charge on any atom is 0.469 e. The summed E-state index contributed by atoms with van der Waals surface area (Å²) in [6.45, 7) is -0.965. The molecule has 0 unspecified atom stereocenters. The first-order chi connectivity index (χ1) is 12.6. The van der Waals surface area contributed by atoms with Crippen molar-refractivity contribution in [2.45, 2.75) is 28.2 Å². The van der Waals surface area contributed by atoms with E-state index in [2.05, 4.69) is 4.52 Å². The second-order valence-electron chi connectivity index (χ2n) is 6.14. The van der Waals surface area contributed by atoms with Crippen LogP contribution in [0.4, 0.5) is 0 Å². The van der Waals surface area contributed by atoms with E-state index in [1.54, 1.807) is 24.3 Å². The molecule has 148 valence electrons. The number of aliphatic hydroxyl groups excluding tert-OH is 1. The molecular formula is C17H21ClNO6PS. The minimum Gasteiger partial charge on any atom is -0.508 e. The van der Waals surface area contributed by atoms with Gasteiger partial charge in [0.2, 0.25) is 0 Å². The normalized spacial score (nSPS) is 14.1. The van der Waals surface area contributed by atoms with Gasteiger partial charge < -0.3 is 25.7 Å². The summed E-state index contributed by atoms with van der Waals surface area (Å²) in [5.74, 6) is 0.184. The largest absolute Gasteiger partial charge is 0.508 e. The minimum atomic E-state index is -4.66. The summed E-state index contributed by atoms with van der Waals surface area (Å²) in [4.78, 5) is 19.3. The molecule has 2 aromatic carbocycles. The third-order valence-corrected chi connectivity index (χ3v) is 5.60.